The standard InChI is InChI=1S/C42H64N6O6/c1-31(13-19-37-39(3,4)51-53-41(49-37)23-9-7-10-24-41)21-27-47-29-35(43-45-47)33-15-17-34(18-16-33)36-30-48(46-44-36)28-22-32(2)14-20-38-40(5,6)52-54-42(50-38)25-11-8-12-26-42/h15-18,29-32,37-38H,7-14,19-28H2,1-6H3. The second-order valence-corrected chi connectivity index (χ2v) is 17.9. The molecule has 2 saturated heterocycles. The van der Waals surface area contributed by atoms with Crippen LogP contribution in [0.2, 0.25) is 0 Å². The van der Waals surface area contributed by atoms with Crippen molar-refractivity contribution in [2.24, 2.45) is 11.8 Å². The van der Waals surface area contributed by atoms with Crippen molar-refractivity contribution in [3.05, 3.63) is 36.7 Å². The molecular formula is C42H64N6O6. The average Bonchev–Trinajstić information content (AvgIpc) is 3.86. The number of nitrogens with zero attached hydrogens (tertiary/aromatic N) is 6. The molecule has 4 atom stereocenters. The van der Waals surface area contributed by atoms with Crippen LogP contribution in [0.1, 0.15) is 144 Å². The topological polar surface area (TPSA) is 117 Å². The van der Waals surface area contributed by atoms with Crippen LogP contribution in [-0.2, 0) is 42.1 Å². The van der Waals surface area contributed by atoms with Crippen molar-refractivity contribution in [3.63, 3.8) is 0 Å². The minimum atomic E-state index is -0.552. The van der Waals surface area contributed by atoms with Crippen molar-refractivity contribution in [1.82, 2.24) is 30.0 Å². The predicted octanol–water partition coefficient (Wildman–Crippen LogP) is 9.39. The highest BCUT2D eigenvalue weighted by Gasteiger charge is 2.50. The zero-order valence-corrected chi connectivity index (χ0v) is 33.6. The lowest BCUT2D eigenvalue weighted by Gasteiger charge is -2.48. The predicted molar refractivity (Wildman–Crippen MR) is 204 cm³/mol. The first-order valence-electron chi connectivity index (χ1n) is 20.9. The molecule has 2 aliphatic heterocycles. The van der Waals surface area contributed by atoms with Gasteiger partial charge in [-0.15, -0.1) is 10.2 Å². The maximum absolute atomic E-state index is 6.61. The number of aryl methyl sites for hydroxylation is 2. The minimum Gasteiger partial charge on any atom is -0.341 e. The molecule has 0 amide bonds. The number of aromatic nitrogens is 6. The van der Waals surface area contributed by atoms with Gasteiger partial charge in [-0.3, -0.25) is 9.36 Å². The highest BCUT2D eigenvalue weighted by molar-refractivity contribution is 5.65. The molecule has 0 N–H and O–H groups in total. The summed E-state index contributed by atoms with van der Waals surface area (Å²) < 4.78 is 17.1. The quantitative estimate of drug-likeness (QED) is 0.148. The number of rotatable bonds is 14. The van der Waals surface area contributed by atoms with Gasteiger partial charge in [0.15, 0.2) is 0 Å². The summed E-state index contributed by atoms with van der Waals surface area (Å²) in [4.78, 5) is 23.5. The summed E-state index contributed by atoms with van der Waals surface area (Å²) in [5, 5.41) is 17.8. The maximum Gasteiger partial charge on any atom is 0.201 e. The summed E-state index contributed by atoms with van der Waals surface area (Å²) in [6, 6.07) is 8.35. The molecule has 7 rings (SSSR count). The Morgan fingerprint density at radius 2 is 0.963 bits per heavy atom. The molecule has 2 spiro atoms. The monoisotopic (exact) mass is 748 g/mol. The van der Waals surface area contributed by atoms with Crippen molar-refractivity contribution in [3.8, 4) is 22.5 Å². The van der Waals surface area contributed by atoms with Crippen molar-refractivity contribution in [1.29, 1.82) is 0 Å². The summed E-state index contributed by atoms with van der Waals surface area (Å²) in [5.74, 6) is -0.0744. The van der Waals surface area contributed by atoms with Gasteiger partial charge in [0.1, 0.15) is 22.6 Å². The number of hydrogen-bond donors (Lipinski definition) is 0. The van der Waals surface area contributed by atoms with Gasteiger partial charge in [0.25, 0.3) is 0 Å². The van der Waals surface area contributed by atoms with Gasteiger partial charge < -0.3 is 9.47 Å². The van der Waals surface area contributed by atoms with Crippen LogP contribution in [0.15, 0.2) is 36.7 Å². The number of ether oxygens (including phenoxy) is 2. The Morgan fingerprint density at radius 3 is 1.35 bits per heavy atom. The molecule has 4 unspecified atom stereocenters. The van der Waals surface area contributed by atoms with E-state index in [4.69, 9.17) is 29.0 Å². The van der Waals surface area contributed by atoms with E-state index < -0.39 is 22.8 Å². The highest BCUT2D eigenvalue weighted by atomic mass is 17.3. The Bertz CT molecular complexity index is 1510. The molecule has 2 aromatic heterocycles. The summed E-state index contributed by atoms with van der Waals surface area (Å²) in [7, 11) is 0. The van der Waals surface area contributed by atoms with Crippen LogP contribution >= 0.6 is 0 Å². The van der Waals surface area contributed by atoms with E-state index in [1.807, 2.05) is 21.8 Å². The normalized spacial score (nSPS) is 25.8. The van der Waals surface area contributed by atoms with Crippen LogP contribution in [0.3, 0.4) is 0 Å². The van der Waals surface area contributed by atoms with Crippen LogP contribution in [0.4, 0.5) is 0 Å². The van der Waals surface area contributed by atoms with E-state index >= 15 is 0 Å². The number of hydrogen-bond acceptors (Lipinski definition) is 10. The Kier molecular flexibility index (Phi) is 12.3. The zero-order chi connectivity index (χ0) is 37.8. The van der Waals surface area contributed by atoms with E-state index in [1.54, 1.807) is 0 Å². The Balaban J connectivity index is 0.840. The molecule has 4 aliphatic rings. The summed E-state index contributed by atoms with van der Waals surface area (Å²) in [6.07, 6.45) is 20.8. The van der Waals surface area contributed by atoms with Crippen LogP contribution in [0, 0.1) is 11.8 Å². The molecule has 0 radical (unpaired) electrons. The van der Waals surface area contributed by atoms with E-state index in [1.165, 1.54) is 12.8 Å². The molecule has 3 aromatic rings. The number of benzene rings is 1. The van der Waals surface area contributed by atoms with E-state index in [2.05, 4.69) is 86.4 Å². The Morgan fingerprint density at radius 1 is 0.574 bits per heavy atom. The molecule has 12 nitrogen and oxygen atoms in total. The highest BCUT2D eigenvalue weighted by Crippen LogP contribution is 2.44. The molecule has 1 aromatic carbocycles. The first kappa shape index (κ1) is 39.5. The van der Waals surface area contributed by atoms with Crippen molar-refractivity contribution >= 4 is 0 Å². The maximum atomic E-state index is 6.61. The molecule has 2 saturated carbocycles. The second-order valence-electron chi connectivity index (χ2n) is 17.9. The lowest BCUT2D eigenvalue weighted by molar-refractivity contribution is -0.528. The molecule has 54 heavy (non-hydrogen) atoms. The third kappa shape index (κ3) is 9.61. The van der Waals surface area contributed by atoms with E-state index in [0.29, 0.717) is 11.8 Å². The van der Waals surface area contributed by atoms with E-state index in [-0.39, 0.29) is 12.2 Å². The molecule has 12 heteroatoms. The average molecular weight is 749 g/mol. The second kappa shape index (κ2) is 16.8. The first-order chi connectivity index (χ1) is 25.9. The minimum absolute atomic E-state index is 0.0208. The molecule has 4 fully saturated rings. The van der Waals surface area contributed by atoms with Gasteiger partial charge in [0.2, 0.25) is 11.6 Å². The SMILES string of the molecule is CC(CCC1OC2(CCCCC2)OOC1(C)C)CCn1cc(-c2ccc(-c3cn(CCC(C)CCC4OC5(CCCCC5)OOC4(C)C)nn3)cc2)nn1. The van der Waals surface area contributed by atoms with Gasteiger partial charge in [-0.1, -0.05) is 61.4 Å². The largest absolute Gasteiger partial charge is 0.341 e. The van der Waals surface area contributed by atoms with Crippen molar-refractivity contribution in [2.45, 2.75) is 192 Å². The summed E-state index contributed by atoms with van der Waals surface area (Å²) in [6.45, 7) is 14.5. The molecule has 0 bridgehead atoms. The fourth-order valence-electron chi connectivity index (χ4n) is 8.47. The Hall–Kier alpha value is -2.74. The van der Waals surface area contributed by atoms with E-state index in [0.717, 1.165) is 125 Å². The van der Waals surface area contributed by atoms with Gasteiger partial charge in [0, 0.05) is 49.9 Å². The molecule has 2 aliphatic carbocycles. The van der Waals surface area contributed by atoms with Crippen molar-refractivity contribution < 1.29 is 29.0 Å². The zero-order valence-electron chi connectivity index (χ0n) is 33.6. The first-order valence-corrected chi connectivity index (χ1v) is 20.9. The Labute approximate surface area is 321 Å². The van der Waals surface area contributed by atoms with Gasteiger partial charge in [0.05, 0.1) is 24.6 Å². The van der Waals surface area contributed by atoms with Gasteiger partial charge in [-0.05, 0) is 104 Å². The van der Waals surface area contributed by atoms with Gasteiger partial charge in [-0.25, -0.2) is 19.6 Å². The lowest BCUT2D eigenvalue weighted by Crippen LogP contribution is -2.56. The summed E-state index contributed by atoms with van der Waals surface area (Å²) >= 11 is 0. The van der Waals surface area contributed by atoms with Crippen LogP contribution in [0.25, 0.3) is 22.5 Å². The van der Waals surface area contributed by atoms with Crippen molar-refractivity contribution in [2.75, 3.05) is 0 Å². The fourth-order valence-corrected chi connectivity index (χ4v) is 8.47. The summed E-state index contributed by atoms with van der Waals surface area (Å²) in [5.41, 5.74) is 2.89. The smallest absolute Gasteiger partial charge is 0.201 e. The third-order valence-corrected chi connectivity index (χ3v) is 12.4. The fraction of sp³-hybridized carbons (Fsp3) is 0.762. The van der Waals surface area contributed by atoms with Gasteiger partial charge >= 0.3 is 0 Å². The lowest BCUT2D eigenvalue weighted by atomic mass is 9.89. The van der Waals surface area contributed by atoms with E-state index in [9.17, 15) is 0 Å². The van der Waals surface area contributed by atoms with Gasteiger partial charge in [-0.2, -0.15) is 0 Å². The molecule has 4 heterocycles. The third-order valence-electron chi connectivity index (χ3n) is 12.4. The molecule has 298 valence electrons. The van der Waals surface area contributed by atoms with Crippen LogP contribution in [0.5, 0.6) is 0 Å². The van der Waals surface area contributed by atoms with Crippen LogP contribution in [-0.4, -0.2) is 65.0 Å². The van der Waals surface area contributed by atoms with Crippen LogP contribution < -0.4 is 0 Å². The molecular weight excluding hydrogens is 684 g/mol.